The average molecular weight is 456 g/mol. The lowest BCUT2D eigenvalue weighted by Gasteiger charge is -2.21. The molecule has 7 N–H and O–H groups in total. The summed E-state index contributed by atoms with van der Waals surface area (Å²) in [6.45, 7) is 4.51. The van der Waals surface area contributed by atoms with Gasteiger partial charge in [-0.05, 0) is 31.9 Å². The summed E-state index contributed by atoms with van der Waals surface area (Å²) in [5.41, 5.74) is 5.37. The van der Waals surface area contributed by atoms with Gasteiger partial charge in [0, 0.05) is 6.54 Å². The molecule has 1 aromatic carbocycles. The van der Waals surface area contributed by atoms with Gasteiger partial charge in [0.1, 0.15) is 18.4 Å². The van der Waals surface area contributed by atoms with E-state index in [2.05, 4.69) is 27.3 Å². The van der Waals surface area contributed by atoms with Gasteiger partial charge in [-0.3, -0.25) is 9.59 Å². The van der Waals surface area contributed by atoms with Crippen molar-refractivity contribution in [1.29, 1.82) is 0 Å². The van der Waals surface area contributed by atoms with Crippen molar-refractivity contribution in [2.45, 2.75) is 42.8 Å². The molecule has 31 heavy (non-hydrogen) atoms. The van der Waals surface area contributed by atoms with E-state index in [1.807, 2.05) is 0 Å². The number of benzene rings is 1. The van der Waals surface area contributed by atoms with Gasteiger partial charge < -0.3 is 31.6 Å². The third-order valence-corrected chi connectivity index (χ3v) is 5.63. The number of aldehydes is 1. The zero-order valence-electron chi connectivity index (χ0n) is 17.2. The molecule has 0 radical (unpaired) electrons. The van der Waals surface area contributed by atoms with Gasteiger partial charge >= 0.3 is 0 Å². The molecule has 1 aromatic rings. The first kappa shape index (κ1) is 26.1. The summed E-state index contributed by atoms with van der Waals surface area (Å²) < 4.78 is 26.8. The molecule has 11 nitrogen and oxygen atoms in total. The summed E-state index contributed by atoms with van der Waals surface area (Å²) in [4.78, 5) is 35.7. The molecule has 0 aliphatic heterocycles. The zero-order chi connectivity index (χ0) is 23.4. The summed E-state index contributed by atoms with van der Waals surface area (Å²) in [7, 11) is -4.05. The molecule has 0 heterocycles. The van der Waals surface area contributed by atoms with Crippen LogP contribution < -0.4 is 26.4 Å². The minimum Gasteiger partial charge on any atom is -0.394 e. The molecule has 3 atom stereocenters. The summed E-state index contributed by atoms with van der Waals surface area (Å²) in [5.74, 6) is -1.23. The number of aliphatic hydroxyl groups excluding tert-OH is 1. The molecule has 0 aliphatic rings. The van der Waals surface area contributed by atoms with E-state index in [-0.39, 0.29) is 4.90 Å². The highest BCUT2D eigenvalue weighted by molar-refractivity contribution is 7.89. The molecular formula is C19H29N5O6S. The molecule has 0 aliphatic carbocycles. The summed E-state index contributed by atoms with van der Waals surface area (Å²) >= 11 is 0. The summed E-state index contributed by atoms with van der Waals surface area (Å²) in [6, 6.07) is 3.98. The third kappa shape index (κ3) is 9.15. The van der Waals surface area contributed by atoms with Crippen LogP contribution in [0.15, 0.2) is 47.6 Å². The van der Waals surface area contributed by atoms with Crippen LogP contribution in [0.4, 0.5) is 0 Å². The molecule has 0 spiro atoms. The highest BCUT2D eigenvalue weighted by Crippen LogP contribution is 2.08. The Balaban J connectivity index is 2.62. The van der Waals surface area contributed by atoms with Crippen LogP contribution in [-0.4, -0.2) is 62.9 Å². The number of nitrogens with one attached hydrogen (secondary N) is 4. The monoisotopic (exact) mass is 455 g/mol. The van der Waals surface area contributed by atoms with Gasteiger partial charge in [-0.2, -0.15) is 4.72 Å². The molecule has 0 fully saturated rings. The zero-order valence-corrected chi connectivity index (χ0v) is 18.0. The van der Waals surface area contributed by atoms with Crippen LogP contribution in [0.1, 0.15) is 19.8 Å². The third-order valence-electron chi connectivity index (χ3n) is 4.14. The Kier molecular flexibility index (Phi) is 10.7. The van der Waals surface area contributed by atoms with Crippen LogP contribution in [0.25, 0.3) is 0 Å². The summed E-state index contributed by atoms with van der Waals surface area (Å²) in [5, 5.41) is 17.0. The van der Waals surface area contributed by atoms with Crippen LogP contribution in [-0.2, 0) is 24.4 Å². The van der Waals surface area contributed by atoms with E-state index < -0.39 is 46.6 Å². The number of hydrogen-bond acceptors (Lipinski definition) is 8. The van der Waals surface area contributed by atoms with E-state index in [0.29, 0.717) is 31.5 Å². The van der Waals surface area contributed by atoms with Gasteiger partial charge in [-0.1, -0.05) is 24.8 Å². The van der Waals surface area contributed by atoms with Gasteiger partial charge in [-0.25, -0.2) is 8.42 Å². The van der Waals surface area contributed by atoms with Crippen LogP contribution in [0.3, 0.4) is 0 Å². The maximum Gasteiger partial charge on any atom is 0.242 e. The number of hydrogen-bond donors (Lipinski definition) is 6. The first-order valence-electron chi connectivity index (χ1n) is 9.53. The molecule has 1 rings (SSSR count). The molecule has 12 heteroatoms. The SMILES string of the molecule is C=C(N)NCCC[C@@H](C=O)NC(=O)[C@H](C)NC(=O)[C@@H](CO)NS(=O)(=O)c1ccccc1. The van der Waals surface area contributed by atoms with E-state index in [4.69, 9.17) is 5.73 Å². The lowest BCUT2D eigenvalue weighted by Crippen LogP contribution is -2.55. The minimum atomic E-state index is -4.05. The van der Waals surface area contributed by atoms with Gasteiger partial charge in [0.15, 0.2) is 0 Å². The smallest absolute Gasteiger partial charge is 0.242 e. The van der Waals surface area contributed by atoms with Crippen molar-refractivity contribution in [3.63, 3.8) is 0 Å². The number of carbonyl (C=O) groups excluding carboxylic acids is 3. The second-order valence-electron chi connectivity index (χ2n) is 6.75. The van der Waals surface area contributed by atoms with Crippen molar-refractivity contribution in [3.05, 3.63) is 42.7 Å². The van der Waals surface area contributed by atoms with Gasteiger partial charge in [0.05, 0.1) is 23.4 Å². The Labute approximate surface area is 181 Å². The van der Waals surface area contributed by atoms with Crippen LogP contribution in [0.5, 0.6) is 0 Å². The Morgan fingerprint density at radius 3 is 2.39 bits per heavy atom. The van der Waals surface area contributed by atoms with Crippen molar-refractivity contribution in [2.75, 3.05) is 13.2 Å². The molecular weight excluding hydrogens is 426 g/mol. The highest BCUT2D eigenvalue weighted by Gasteiger charge is 2.27. The van der Waals surface area contributed by atoms with E-state index in [1.54, 1.807) is 6.07 Å². The first-order chi connectivity index (χ1) is 14.6. The molecule has 0 unspecified atom stereocenters. The summed E-state index contributed by atoms with van der Waals surface area (Å²) in [6.07, 6.45) is 1.45. The van der Waals surface area contributed by atoms with Gasteiger partial charge in [-0.15, -0.1) is 0 Å². The van der Waals surface area contributed by atoms with Crippen molar-refractivity contribution < 1.29 is 27.9 Å². The number of nitrogens with two attached hydrogens (primary N) is 1. The van der Waals surface area contributed by atoms with Crippen LogP contribution in [0.2, 0.25) is 0 Å². The van der Waals surface area contributed by atoms with Crippen LogP contribution in [0, 0.1) is 0 Å². The molecule has 2 amide bonds. The number of aliphatic hydroxyl groups is 1. The normalized spacial score (nSPS) is 14.0. The highest BCUT2D eigenvalue weighted by atomic mass is 32.2. The largest absolute Gasteiger partial charge is 0.394 e. The second-order valence-corrected chi connectivity index (χ2v) is 8.46. The lowest BCUT2D eigenvalue weighted by atomic mass is 10.1. The molecule has 0 saturated carbocycles. The van der Waals surface area contributed by atoms with Crippen LogP contribution >= 0.6 is 0 Å². The Morgan fingerprint density at radius 1 is 1.19 bits per heavy atom. The maximum atomic E-state index is 12.4. The van der Waals surface area contributed by atoms with Crippen molar-refractivity contribution in [1.82, 2.24) is 20.7 Å². The lowest BCUT2D eigenvalue weighted by molar-refractivity contribution is -0.130. The van der Waals surface area contributed by atoms with E-state index in [0.717, 1.165) is 0 Å². The number of amides is 2. The Morgan fingerprint density at radius 2 is 1.84 bits per heavy atom. The molecule has 0 aromatic heterocycles. The standard InChI is InChI=1S/C19H29N5O6S/c1-13(18(27)23-15(11-25)7-6-10-21-14(2)20)22-19(28)17(12-26)24-31(29,30)16-8-4-3-5-9-16/h3-5,8-9,11,13,15,17,21,24,26H,2,6-7,10,12,20H2,1H3,(H,22,28)(H,23,27)/t13-,15-,17+/m0/s1. The maximum absolute atomic E-state index is 12.4. The van der Waals surface area contributed by atoms with E-state index >= 15 is 0 Å². The minimum absolute atomic E-state index is 0.0754. The average Bonchev–Trinajstić information content (AvgIpc) is 2.74. The number of carbonyl (C=O) groups is 3. The topological polar surface area (TPSA) is 180 Å². The second kappa shape index (κ2) is 12.7. The fourth-order valence-electron chi connectivity index (χ4n) is 2.46. The Hall–Kier alpha value is -2.96. The van der Waals surface area contributed by atoms with Gasteiger partial charge in [0.2, 0.25) is 21.8 Å². The Bertz CT molecular complexity index is 862. The fraction of sp³-hybridized carbons (Fsp3) is 0.421. The molecule has 172 valence electrons. The molecule has 0 bridgehead atoms. The predicted molar refractivity (Wildman–Crippen MR) is 114 cm³/mol. The number of rotatable bonds is 14. The van der Waals surface area contributed by atoms with E-state index in [1.165, 1.54) is 31.2 Å². The fourth-order valence-corrected chi connectivity index (χ4v) is 3.67. The van der Waals surface area contributed by atoms with Crippen molar-refractivity contribution >= 4 is 28.1 Å². The van der Waals surface area contributed by atoms with Gasteiger partial charge in [0.25, 0.3) is 0 Å². The quantitative estimate of drug-likeness (QED) is 0.142. The number of sulfonamides is 1. The first-order valence-corrected chi connectivity index (χ1v) is 11.0. The van der Waals surface area contributed by atoms with Crippen molar-refractivity contribution in [3.8, 4) is 0 Å². The molecule has 0 saturated heterocycles. The van der Waals surface area contributed by atoms with Crippen molar-refractivity contribution in [2.24, 2.45) is 5.73 Å². The van der Waals surface area contributed by atoms with E-state index in [9.17, 15) is 27.9 Å². The predicted octanol–water partition coefficient (Wildman–Crippen LogP) is -1.69.